The zero-order chi connectivity index (χ0) is 20.7. The molecule has 0 saturated carbocycles. The fourth-order valence-electron chi connectivity index (χ4n) is 3.52. The highest BCUT2D eigenvalue weighted by Crippen LogP contribution is 2.38. The van der Waals surface area contributed by atoms with Crippen LogP contribution in [0.3, 0.4) is 0 Å². The largest absolute Gasteiger partial charge is 0.381 e. The maximum absolute atomic E-state index is 6.57. The lowest BCUT2D eigenvalue weighted by Crippen LogP contribution is -2.48. The summed E-state index contributed by atoms with van der Waals surface area (Å²) < 4.78 is 5.64. The molecule has 2 N–H and O–H groups in total. The summed E-state index contributed by atoms with van der Waals surface area (Å²) in [6.45, 7) is 5.66. The van der Waals surface area contributed by atoms with Gasteiger partial charge in [0.05, 0.1) is 12.2 Å². The minimum absolute atomic E-state index is 0.0640. The first kappa shape index (κ1) is 21.9. The lowest BCUT2D eigenvalue weighted by Gasteiger charge is -2.38. The Hall–Kier alpha value is -1.83. The molecule has 6 nitrogen and oxygen atoms in total. The molecule has 3 rings (SSSR count). The molecule has 0 aliphatic carbocycles. The third-order valence-corrected chi connectivity index (χ3v) is 6.54. The lowest BCUT2D eigenvalue weighted by molar-refractivity contribution is 0.0514. The first-order valence-electron chi connectivity index (χ1n) is 10.0. The highest BCUT2D eigenvalue weighted by atomic mass is 35.5. The number of aromatic nitrogens is 1. The molecule has 1 aliphatic rings. The number of halogens is 1. The van der Waals surface area contributed by atoms with Gasteiger partial charge in [-0.05, 0) is 31.4 Å². The number of hydrogen-bond donors (Lipinski definition) is 2. The summed E-state index contributed by atoms with van der Waals surface area (Å²) in [5, 5.41) is 10.8. The summed E-state index contributed by atoms with van der Waals surface area (Å²) in [5.41, 5.74) is 2.09. The molecule has 2 heterocycles. The molecule has 0 amide bonds. The van der Waals surface area contributed by atoms with Crippen molar-refractivity contribution in [2.24, 2.45) is 4.99 Å². The van der Waals surface area contributed by atoms with Crippen molar-refractivity contribution in [3.8, 4) is 0 Å². The molecule has 2 aromatic rings. The van der Waals surface area contributed by atoms with Gasteiger partial charge in [-0.25, -0.2) is 9.98 Å². The number of aliphatic imine (C=N–C) groups is 1. The van der Waals surface area contributed by atoms with E-state index in [1.807, 2.05) is 31.1 Å². The molecule has 158 valence electrons. The molecule has 1 aromatic carbocycles. The van der Waals surface area contributed by atoms with Gasteiger partial charge in [-0.1, -0.05) is 29.8 Å². The van der Waals surface area contributed by atoms with Crippen LogP contribution in [0.2, 0.25) is 5.02 Å². The summed E-state index contributed by atoms with van der Waals surface area (Å²) >= 11 is 8.20. The number of guanidine groups is 1. The van der Waals surface area contributed by atoms with Gasteiger partial charge in [-0.3, -0.25) is 0 Å². The van der Waals surface area contributed by atoms with Crippen molar-refractivity contribution in [2.75, 3.05) is 45.3 Å². The SMILES string of the molecule is CCNC(=NCc1csc(N(C)C)n1)NCC1(c2ccccc2Cl)CCOCC1. The van der Waals surface area contributed by atoms with Crippen molar-refractivity contribution in [2.45, 2.75) is 31.7 Å². The van der Waals surface area contributed by atoms with Crippen molar-refractivity contribution in [1.29, 1.82) is 0 Å². The number of hydrogen-bond acceptors (Lipinski definition) is 5. The van der Waals surface area contributed by atoms with E-state index in [9.17, 15) is 0 Å². The molecule has 1 fully saturated rings. The van der Waals surface area contributed by atoms with E-state index in [4.69, 9.17) is 21.3 Å². The van der Waals surface area contributed by atoms with Crippen molar-refractivity contribution in [1.82, 2.24) is 15.6 Å². The first-order chi connectivity index (χ1) is 14.0. The van der Waals surface area contributed by atoms with Crippen LogP contribution in [0.5, 0.6) is 0 Å². The molecule has 0 unspecified atom stereocenters. The monoisotopic (exact) mass is 435 g/mol. The normalized spacial score (nSPS) is 16.5. The quantitative estimate of drug-likeness (QED) is 0.513. The Labute approximate surface area is 182 Å². The van der Waals surface area contributed by atoms with E-state index in [1.54, 1.807) is 11.3 Å². The van der Waals surface area contributed by atoms with E-state index in [2.05, 4.69) is 40.1 Å². The van der Waals surface area contributed by atoms with Gasteiger partial charge in [0.25, 0.3) is 0 Å². The molecule has 1 aliphatic heterocycles. The predicted octanol–water partition coefficient (Wildman–Crippen LogP) is 3.67. The molecule has 0 radical (unpaired) electrons. The standard InChI is InChI=1S/C21H30ClN5OS/c1-4-23-19(24-13-16-14-29-20(26-16)27(2)3)25-15-21(9-11-28-12-10-21)17-7-5-6-8-18(17)22/h5-8,14H,4,9-13,15H2,1-3H3,(H2,23,24,25). The van der Waals surface area contributed by atoms with Crippen LogP contribution in [0.15, 0.2) is 34.6 Å². The molecule has 0 atom stereocenters. The van der Waals surface area contributed by atoms with Crippen LogP contribution in [0.4, 0.5) is 5.13 Å². The number of thiazole rings is 1. The Kier molecular flexibility index (Phi) is 7.75. The third-order valence-electron chi connectivity index (χ3n) is 5.15. The van der Waals surface area contributed by atoms with Gasteiger partial charge in [0.1, 0.15) is 0 Å². The average molecular weight is 436 g/mol. The zero-order valence-corrected chi connectivity index (χ0v) is 18.9. The lowest BCUT2D eigenvalue weighted by atomic mass is 9.74. The number of benzene rings is 1. The van der Waals surface area contributed by atoms with Crippen LogP contribution >= 0.6 is 22.9 Å². The van der Waals surface area contributed by atoms with Crippen LogP contribution in [0.1, 0.15) is 31.0 Å². The average Bonchev–Trinajstić information content (AvgIpc) is 3.20. The van der Waals surface area contributed by atoms with Crippen LogP contribution in [0, 0.1) is 0 Å². The maximum Gasteiger partial charge on any atom is 0.191 e. The summed E-state index contributed by atoms with van der Waals surface area (Å²) in [6, 6.07) is 8.14. The fourth-order valence-corrected chi connectivity index (χ4v) is 4.61. The molecular formula is C21H30ClN5OS. The van der Waals surface area contributed by atoms with Gasteiger partial charge in [-0.2, -0.15) is 0 Å². The zero-order valence-electron chi connectivity index (χ0n) is 17.4. The van der Waals surface area contributed by atoms with E-state index in [0.717, 1.165) is 61.0 Å². The van der Waals surface area contributed by atoms with Crippen molar-refractivity contribution >= 4 is 34.0 Å². The van der Waals surface area contributed by atoms with Crippen LogP contribution in [-0.2, 0) is 16.7 Å². The fraction of sp³-hybridized carbons (Fsp3) is 0.524. The first-order valence-corrected chi connectivity index (χ1v) is 11.3. The summed E-state index contributed by atoms with van der Waals surface area (Å²) in [7, 11) is 4.00. The number of anilines is 1. The van der Waals surface area contributed by atoms with Gasteiger partial charge < -0.3 is 20.3 Å². The maximum atomic E-state index is 6.57. The van der Waals surface area contributed by atoms with Gasteiger partial charge in [0.15, 0.2) is 11.1 Å². The molecule has 0 spiro atoms. The number of nitrogens with zero attached hydrogens (tertiary/aromatic N) is 3. The van der Waals surface area contributed by atoms with Gasteiger partial charge in [0, 0.05) is 56.2 Å². The van der Waals surface area contributed by atoms with Crippen molar-refractivity contribution in [3.63, 3.8) is 0 Å². The molecule has 0 bridgehead atoms. The molecule has 8 heteroatoms. The van der Waals surface area contributed by atoms with Crippen LogP contribution < -0.4 is 15.5 Å². The summed E-state index contributed by atoms with van der Waals surface area (Å²) in [5.74, 6) is 0.796. The van der Waals surface area contributed by atoms with E-state index in [-0.39, 0.29) is 5.41 Å². The predicted molar refractivity (Wildman–Crippen MR) is 122 cm³/mol. The van der Waals surface area contributed by atoms with E-state index >= 15 is 0 Å². The smallest absolute Gasteiger partial charge is 0.191 e. The van der Waals surface area contributed by atoms with E-state index in [1.165, 1.54) is 5.56 Å². The topological polar surface area (TPSA) is 61.8 Å². The highest BCUT2D eigenvalue weighted by molar-refractivity contribution is 7.13. The van der Waals surface area contributed by atoms with Gasteiger partial charge >= 0.3 is 0 Å². The van der Waals surface area contributed by atoms with E-state index < -0.39 is 0 Å². The Bertz CT molecular complexity index is 817. The number of nitrogens with one attached hydrogen (secondary N) is 2. The second-order valence-corrected chi connectivity index (χ2v) is 8.68. The number of ether oxygens (including phenoxy) is 1. The van der Waals surface area contributed by atoms with Crippen LogP contribution in [-0.4, -0.2) is 51.3 Å². The highest BCUT2D eigenvalue weighted by Gasteiger charge is 2.36. The Morgan fingerprint density at radius 1 is 1.28 bits per heavy atom. The molecule has 1 saturated heterocycles. The summed E-state index contributed by atoms with van der Waals surface area (Å²) in [6.07, 6.45) is 1.86. The Morgan fingerprint density at radius 2 is 2.03 bits per heavy atom. The van der Waals surface area contributed by atoms with E-state index in [0.29, 0.717) is 6.54 Å². The Morgan fingerprint density at radius 3 is 2.69 bits per heavy atom. The van der Waals surface area contributed by atoms with Gasteiger partial charge in [0.2, 0.25) is 0 Å². The molecular weight excluding hydrogens is 406 g/mol. The second kappa shape index (κ2) is 10.3. The Balaban J connectivity index is 1.73. The minimum atomic E-state index is -0.0640. The van der Waals surface area contributed by atoms with Crippen LogP contribution in [0.25, 0.3) is 0 Å². The van der Waals surface area contributed by atoms with Gasteiger partial charge in [-0.15, -0.1) is 11.3 Å². The van der Waals surface area contributed by atoms with Crippen molar-refractivity contribution < 1.29 is 4.74 Å². The minimum Gasteiger partial charge on any atom is -0.381 e. The summed E-state index contributed by atoms with van der Waals surface area (Å²) in [4.78, 5) is 11.4. The third kappa shape index (κ3) is 5.62. The second-order valence-electron chi connectivity index (χ2n) is 7.44. The number of rotatable bonds is 7. The molecule has 1 aromatic heterocycles. The van der Waals surface area contributed by atoms with Crippen molar-refractivity contribution in [3.05, 3.63) is 45.9 Å². The molecule has 29 heavy (non-hydrogen) atoms.